The first-order valence-electron chi connectivity index (χ1n) is 7.46. The summed E-state index contributed by atoms with van der Waals surface area (Å²) >= 11 is 5.96. The highest BCUT2D eigenvalue weighted by atomic mass is 35.5. The Balaban J connectivity index is 1.65. The summed E-state index contributed by atoms with van der Waals surface area (Å²) in [5.41, 5.74) is 0.698. The summed E-state index contributed by atoms with van der Waals surface area (Å²) in [6.45, 7) is 3.63. The number of aliphatic hydroxyl groups is 1. The number of hydrogen-bond donors (Lipinski definition) is 1. The van der Waals surface area contributed by atoms with Gasteiger partial charge in [-0.15, -0.1) is 10.2 Å². The molecule has 124 valence electrons. The molecule has 3 aromatic rings. The molecule has 0 amide bonds. The van der Waals surface area contributed by atoms with Crippen molar-refractivity contribution < 1.29 is 14.3 Å². The van der Waals surface area contributed by atoms with Crippen LogP contribution in [0.3, 0.4) is 0 Å². The molecule has 0 fully saturated rings. The molecule has 0 saturated heterocycles. The normalized spacial score (nSPS) is 11.5. The lowest BCUT2D eigenvalue weighted by Crippen LogP contribution is -2.14. The van der Waals surface area contributed by atoms with Gasteiger partial charge in [0, 0.05) is 10.6 Å². The molecule has 0 saturated carbocycles. The molecule has 0 atom stereocenters. The highest BCUT2D eigenvalue weighted by Gasteiger charge is 2.15. The van der Waals surface area contributed by atoms with Crippen molar-refractivity contribution in [1.29, 1.82) is 0 Å². The highest BCUT2D eigenvalue weighted by Crippen LogP contribution is 2.24. The van der Waals surface area contributed by atoms with E-state index in [1.165, 1.54) is 0 Å². The van der Waals surface area contributed by atoms with Gasteiger partial charge in [0.2, 0.25) is 5.89 Å². The van der Waals surface area contributed by atoms with Crippen LogP contribution in [-0.2, 0) is 12.2 Å². The number of rotatable bonds is 5. The Kier molecular flexibility index (Phi) is 4.55. The molecule has 0 aliphatic heterocycles. The first-order valence-corrected chi connectivity index (χ1v) is 7.84. The van der Waals surface area contributed by atoms with Crippen LogP contribution in [0, 0.1) is 0 Å². The fourth-order valence-electron chi connectivity index (χ4n) is 2.15. The predicted octanol–water partition coefficient (Wildman–Crippen LogP) is 4.20. The molecule has 5 nitrogen and oxygen atoms in total. The lowest BCUT2D eigenvalue weighted by molar-refractivity contribution is 0.0785. The minimum absolute atomic E-state index is 0.162. The third kappa shape index (κ3) is 3.93. The van der Waals surface area contributed by atoms with Gasteiger partial charge in [0.1, 0.15) is 5.75 Å². The van der Waals surface area contributed by atoms with E-state index in [9.17, 15) is 5.11 Å². The van der Waals surface area contributed by atoms with Gasteiger partial charge in [-0.2, -0.15) is 0 Å². The van der Waals surface area contributed by atoms with Crippen LogP contribution in [0.5, 0.6) is 5.75 Å². The van der Waals surface area contributed by atoms with Crippen molar-refractivity contribution in [3.63, 3.8) is 0 Å². The lowest BCUT2D eigenvalue weighted by atomic mass is 9.99. The van der Waals surface area contributed by atoms with Crippen LogP contribution in [0.1, 0.15) is 25.3 Å². The van der Waals surface area contributed by atoms with Gasteiger partial charge >= 0.3 is 0 Å². The second-order valence-electron chi connectivity index (χ2n) is 5.88. The topological polar surface area (TPSA) is 68.4 Å². The van der Waals surface area contributed by atoms with Crippen molar-refractivity contribution in [1.82, 2.24) is 10.2 Å². The maximum atomic E-state index is 9.93. The maximum absolute atomic E-state index is 9.93. The van der Waals surface area contributed by atoms with E-state index in [1.807, 2.05) is 24.3 Å². The zero-order chi connectivity index (χ0) is 17.2. The van der Waals surface area contributed by atoms with Gasteiger partial charge < -0.3 is 14.3 Å². The molecule has 2 aromatic carbocycles. The number of nitrogens with zero attached hydrogens (tertiary/aromatic N) is 2. The monoisotopic (exact) mass is 344 g/mol. The lowest BCUT2D eigenvalue weighted by Gasteiger charge is -2.17. The summed E-state index contributed by atoms with van der Waals surface area (Å²) in [5, 5.41) is 18.5. The average molecular weight is 345 g/mol. The fraction of sp³-hybridized carbons (Fsp3) is 0.222. The van der Waals surface area contributed by atoms with Gasteiger partial charge in [0.05, 0.1) is 5.60 Å². The Morgan fingerprint density at radius 1 is 1.12 bits per heavy atom. The number of benzene rings is 2. The van der Waals surface area contributed by atoms with E-state index >= 15 is 0 Å². The van der Waals surface area contributed by atoms with Crippen molar-refractivity contribution >= 4 is 11.6 Å². The summed E-state index contributed by atoms with van der Waals surface area (Å²) in [7, 11) is 0. The molecule has 1 heterocycles. The number of aromatic nitrogens is 2. The van der Waals surface area contributed by atoms with E-state index in [1.54, 1.807) is 38.1 Å². The molecule has 0 aliphatic rings. The molecule has 0 aliphatic carbocycles. The van der Waals surface area contributed by atoms with Crippen molar-refractivity contribution in [2.24, 2.45) is 0 Å². The van der Waals surface area contributed by atoms with Crippen molar-refractivity contribution in [3.05, 3.63) is 65.0 Å². The van der Waals surface area contributed by atoms with E-state index in [2.05, 4.69) is 10.2 Å². The van der Waals surface area contributed by atoms with Gasteiger partial charge in [0.25, 0.3) is 5.89 Å². The minimum Gasteiger partial charge on any atom is -0.484 e. The molecule has 1 aromatic heterocycles. The van der Waals surface area contributed by atoms with Crippen LogP contribution in [0.4, 0.5) is 0 Å². The zero-order valence-corrected chi connectivity index (χ0v) is 14.1. The third-order valence-electron chi connectivity index (χ3n) is 3.46. The van der Waals surface area contributed by atoms with E-state index in [4.69, 9.17) is 20.8 Å². The molecule has 0 spiro atoms. The average Bonchev–Trinajstić information content (AvgIpc) is 3.01. The quantitative estimate of drug-likeness (QED) is 0.751. The van der Waals surface area contributed by atoms with Gasteiger partial charge in [-0.05, 0) is 49.7 Å². The Hall–Kier alpha value is -2.37. The van der Waals surface area contributed by atoms with Crippen molar-refractivity contribution in [3.8, 4) is 17.2 Å². The van der Waals surface area contributed by atoms with Crippen LogP contribution in [0.25, 0.3) is 11.5 Å². The molecular formula is C18H17ClN2O3. The Morgan fingerprint density at radius 2 is 1.88 bits per heavy atom. The van der Waals surface area contributed by atoms with Crippen LogP contribution in [0.2, 0.25) is 5.02 Å². The first kappa shape index (κ1) is 16.5. The van der Waals surface area contributed by atoms with E-state index in [-0.39, 0.29) is 6.61 Å². The molecule has 0 unspecified atom stereocenters. The van der Waals surface area contributed by atoms with Crippen molar-refractivity contribution in [2.45, 2.75) is 26.1 Å². The summed E-state index contributed by atoms with van der Waals surface area (Å²) < 4.78 is 11.2. The van der Waals surface area contributed by atoms with Crippen molar-refractivity contribution in [2.75, 3.05) is 0 Å². The predicted molar refractivity (Wildman–Crippen MR) is 90.8 cm³/mol. The molecular weight excluding hydrogens is 328 g/mol. The Labute approximate surface area is 144 Å². The highest BCUT2D eigenvalue weighted by molar-refractivity contribution is 6.30. The van der Waals surface area contributed by atoms with E-state index in [0.29, 0.717) is 22.6 Å². The second-order valence-corrected chi connectivity index (χ2v) is 6.32. The molecule has 6 heteroatoms. The zero-order valence-electron chi connectivity index (χ0n) is 13.4. The summed E-state index contributed by atoms with van der Waals surface area (Å²) in [4.78, 5) is 0. The van der Waals surface area contributed by atoms with Gasteiger partial charge in [-0.3, -0.25) is 0 Å². The number of hydrogen-bond acceptors (Lipinski definition) is 5. The summed E-state index contributed by atoms with van der Waals surface area (Å²) in [5.74, 6) is 1.43. The Bertz CT molecular complexity index is 823. The molecule has 3 rings (SSSR count). The van der Waals surface area contributed by atoms with Crippen LogP contribution >= 0.6 is 11.6 Å². The molecule has 0 radical (unpaired) electrons. The number of ether oxygens (including phenoxy) is 1. The molecule has 1 N–H and O–H groups in total. The summed E-state index contributed by atoms with van der Waals surface area (Å²) in [6.07, 6.45) is 0. The first-order chi connectivity index (χ1) is 11.4. The summed E-state index contributed by atoms with van der Waals surface area (Å²) in [6, 6.07) is 14.4. The second kappa shape index (κ2) is 6.63. The van der Waals surface area contributed by atoms with Crippen LogP contribution in [-0.4, -0.2) is 15.3 Å². The molecule has 0 bridgehead atoms. The Morgan fingerprint density at radius 3 is 2.54 bits per heavy atom. The van der Waals surface area contributed by atoms with Crippen LogP contribution in [0.15, 0.2) is 52.9 Å². The fourth-order valence-corrected chi connectivity index (χ4v) is 2.34. The largest absolute Gasteiger partial charge is 0.484 e. The standard InChI is InChI=1S/C18H17ClN2O3/c1-18(2,22)13-6-8-15(9-7-13)23-11-16-20-21-17(24-16)12-4-3-5-14(19)10-12/h3-10,22H,11H2,1-2H3. The number of halogens is 1. The van der Waals surface area contributed by atoms with Gasteiger partial charge in [0.15, 0.2) is 6.61 Å². The molecule has 24 heavy (non-hydrogen) atoms. The van der Waals surface area contributed by atoms with Gasteiger partial charge in [-0.25, -0.2) is 0 Å². The third-order valence-corrected chi connectivity index (χ3v) is 3.70. The van der Waals surface area contributed by atoms with Gasteiger partial charge in [-0.1, -0.05) is 29.8 Å². The minimum atomic E-state index is -0.878. The smallest absolute Gasteiger partial charge is 0.254 e. The van der Waals surface area contributed by atoms with E-state index in [0.717, 1.165) is 11.1 Å². The van der Waals surface area contributed by atoms with E-state index < -0.39 is 5.60 Å². The maximum Gasteiger partial charge on any atom is 0.254 e. The van der Waals surface area contributed by atoms with Crippen LogP contribution < -0.4 is 4.74 Å². The SMILES string of the molecule is CC(C)(O)c1ccc(OCc2nnc(-c3cccc(Cl)c3)o2)cc1.